The zero-order chi connectivity index (χ0) is 14.3. The minimum Gasteiger partial charge on any atom is -0.503 e. The van der Waals surface area contributed by atoms with E-state index in [2.05, 4.69) is 23.2 Å². The van der Waals surface area contributed by atoms with E-state index in [9.17, 15) is 5.11 Å². The predicted octanol–water partition coefficient (Wildman–Crippen LogP) is 3.73. The van der Waals surface area contributed by atoms with Gasteiger partial charge in [-0.05, 0) is 55.4 Å². The molecule has 1 aromatic heterocycles. The van der Waals surface area contributed by atoms with Crippen LogP contribution in [-0.2, 0) is 12.8 Å². The van der Waals surface area contributed by atoms with Gasteiger partial charge in [-0.2, -0.15) is 0 Å². The summed E-state index contributed by atoms with van der Waals surface area (Å²) in [7, 11) is 0. The van der Waals surface area contributed by atoms with E-state index in [1.165, 1.54) is 22.8 Å². The van der Waals surface area contributed by atoms with Gasteiger partial charge in [0.25, 0.3) is 5.88 Å². The molecule has 104 valence electrons. The van der Waals surface area contributed by atoms with Crippen molar-refractivity contribution in [3.63, 3.8) is 0 Å². The predicted molar refractivity (Wildman–Crippen MR) is 76.7 cm³/mol. The molecule has 1 N–H and O–H groups in total. The van der Waals surface area contributed by atoms with E-state index in [4.69, 9.17) is 16.3 Å². The third kappa shape index (κ3) is 2.20. The van der Waals surface area contributed by atoms with E-state index in [0.29, 0.717) is 0 Å². The van der Waals surface area contributed by atoms with Gasteiger partial charge in [-0.3, -0.25) is 0 Å². The molecule has 0 amide bonds. The molecule has 5 heteroatoms. The topological polar surface area (TPSA) is 55.2 Å². The largest absolute Gasteiger partial charge is 0.503 e. The van der Waals surface area contributed by atoms with Gasteiger partial charge in [0.05, 0.1) is 0 Å². The van der Waals surface area contributed by atoms with Gasteiger partial charge >= 0.3 is 0 Å². The number of aromatic hydroxyl groups is 1. The minimum atomic E-state index is -0.0994. The van der Waals surface area contributed by atoms with Crippen molar-refractivity contribution in [2.75, 3.05) is 0 Å². The van der Waals surface area contributed by atoms with Gasteiger partial charge < -0.3 is 9.84 Å². The third-order valence-corrected chi connectivity index (χ3v) is 3.95. The fourth-order valence-electron chi connectivity index (χ4n) is 2.62. The molecule has 4 nitrogen and oxygen atoms in total. The molecule has 0 unspecified atom stereocenters. The number of aromatic nitrogens is 2. The molecule has 2 aromatic rings. The van der Waals surface area contributed by atoms with Gasteiger partial charge in [-0.1, -0.05) is 17.7 Å². The van der Waals surface area contributed by atoms with Crippen LogP contribution in [0.25, 0.3) is 0 Å². The van der Waals surface area contributed by atoms with Gasteiger partial charge in [0.1, 0.15) is 5.75 Å². The van der Waals surface area contributed by atoms with Crippen molar-refractivity contribution >= 4 is 11.6 Å². The maximum absolute atomic E-state index is 9.85. The second kappa shape index (κ2) is 4.94. The van der Waals surface area contributed by atoms with Gasteiger partial charge in [-0.15, -0.1) is 10.2 Å². The Morgan fingerprint density at radius 3 is 2.75 bits per heavy atom. The summed E-state index contributed by atoms with van der Waals surface area (Å²) in [4.78, 5) is 0. The number of nitrogens with zero attached hydrogens (tertiary/aromatic N) is 2. The van der Waals surface area contributed by atoms with Crippen LogP contribution >= 0.6 is 11.6 Å². The van der Waals surface area contributed by atoms with Crippen LogP contribution in [0.3, 0.4) is 0 Å². The van der Waals surface area contributed by atoms with Crippen LogP contribution in [0.5, 0.6) is 17.4 Å². The van der Waals surface area contributed by atoms with E-state index in [1.807, 2.05) is 6.92 Å². The Kier molecular flexibility index (Phi) is 3.26. The lowest BCUT2D eigenvalue weighted by Crippen LogP contribution is -1.99. The first kappa shape index (κ1) is 13.2. The van der Waals surface area contributed by atoms with Gasteiger partial charge in [0, 0.05) is 6.07 Å². The van der Waals surface area contributed by atoms with Crippen LogP contribution in [-0.4, -0.2) is 15.3 Å². The van der Waals surface area contributed by atoms with Gasteiger partial charge in [0.15, 0.2) is 10.9 Å². The fourth-order valence-corrected chi connectivity index (χ4v) is 2.76. The van der Waals surface area contributed by atoms with Gasteiger partial charge in [0.2, 0.25) is 0 Å². The molecule has 0 aliphatic heterocycles. The quantitative estimate of drug-likeness (QED) is 0.915. The Labute approximate surface area is 122 Å². The van der Waals surface area contributed by atoms with Crippen LogP contribution in [0.15, 0.2) is 12.1 Å². The fraction of sp³-hybridized carbons (Fsp3) is 0.333. The average molecular weight is 291 g/mol. The first-order valence-electron chi connectivity index (χ1n) is 6.58. The van der Waals surface area contributed by atoms with Crippen LogP contribution in [0.1, 0.15) is 28.7 Å². The van der Waals surface area contributed by atoms with Crippen molar-refractivity contribution in [3.05, 3.63) is 39.5 Å². The highest BCUT2D eigenvalue weighted by Crippen LogP contribution is 2.39. The Balaban J connectivity index is 2.07. The molecule has 0 saturated heterocycles. The first-order valence-corrected chi connectivity index (χ1v) is 6.96. The summed E-state index contributed by atoms with van der Waals surface area (Å²) in [5.41, 5.74) is 4.79. The molecule has 0 fully saturated rings. The Bertz CT molecular complexity index is 686. The van der Waals surface area contributed by atoms with Crippen LogP contribution < -0.4 is 4.74 Å². The number of ether oxygens (including phenoxy) is 1. The number of rotatable bonds is 2. The van der Waals surface area contributed by atoms with Crippen molar-refractivity contribution in [3.8, 4) is 17.4 Å². The summed E-state index contributed by atoms with van der Waals surface area (Å²) >= 11 is 5.68. The summed E-state index contributed by atoms with van der Waals surface area (Å²) in [6, 6.07) is 3.55. The van der Waals surface area contributed by atoms with Gasteiger partial charge in [-0.25, -0.2) is 0 Å². The summed E-state index contributed by atoms with van der Waals surface area (Å²) in [6.07, 6.45) is 3.20. The highest BCUT2D eigenvalue weighted by Gasteiger charge is 2.21. The lowest BCUT2D eigenvalue weighted by Gasteiger charge is -2.15. The molecule has 1 aliphatic carbocycles. The molecule has 0 spiro atoms. The molecule has 1 aliphatic rings. The van der Waals surface area contributed by atoms with E-state index in [1.54, 1.807) is 0 Å². The standard InChI is InChI=1S/C15H15ClN2O2/c1-8-6-10-4-3-5-11(10)14(9(8)2)20-15-12(19)7-13(16)17-18-15/h6-7H,3-5H2,1-2H3,(H,17,19). The SMILES string of the molecule is Cc1cc2c(c(Oc3nnc(Cl)cc3O)c1C)CCC2. The van der Waals surface area contributed by atoms with Crippen molar-refractivity contribution in [1.29, 1.82) is 0 Å². The molecule has 0 bridgehead atoms. The molecule has 1 aromatic carbocycles. The summed E-state index contributed by atoms with van der Waals surface area (Å²) in [5, 5.41) is 17.5. The Morgan fingerprint density at radius 2 is 2.00 bits per heavy atom. The summed E-state index contributed by atoms with van der Waals surface area (Å²) in [5.74, 6) is 0.791. The van der Waals surface area contributed by atoms with Crippen molar-refractivity contribution in [2.24, 2.45) is 0 Å². The smallest absolute Gasteiger partial charge is 0.281 e. The highest BCUT2D eigenvalue weighted by atomic mass is 35.5. The molecule has 0 radical (unpaired) electrons. The monoisotopic (exact) mass is 290 g/mol. The molecule has 1 heterocycles. The van der Waals surface area contributed by atoms with E-state index in [0.717, 1.165) is 30.6 Å². The second-order valence-corrected chi connectivity index (χ2v) is 5.49. The van der Waals surface area contributed by atoms with Crippen molar-refractivity contribution < 1.29 is 9.84 Å². The normalized spacial score (nSPS) is 13.3. The summed E-state index contributed by atoms with van der Waals surface area (Å²) in [6.45, 7) is 4.08. The van der Waals surface area contributed by atoms with Crippen molar-refractivity contribution in [1.82, 2.24) is 10.2 Å². The Morgan fingerprint density at radius 1 is 1.20 bits per heavy atom. The van der Waals surface area contributed by atoms with E-state index < -0.39 is 0 Å². The number of benzene rings is 1. The molecule has 0 atom stereocenters. The molecule has 0 saturated carbocycles. The molecule has 3 rings (SSSR count). The lowest BCUT2D eigenvalue weighted by molar-refractivity contribution is 0.388. The number of hydrogen-bond donors (Lipinski definition) is 1. The third-order valence-electron chi connectivity index (χ3n) is 3.77. The van der Waals surface area contributed by atoms with Crippen LogP contribution in [0, 0.1) is 13.8 Å². The Hall–Kier alpha value is -1.81. The number of aryl methyl sites for hydroxylation is 2. The number of hydrogen-bond acceptors (Lipinski definition) is 4. The maximum Gasteiger partial charge on any atom is 0.281 e. The first-order chi connectivity index (χ1) is 9.56. The molecular formula is C15H15ClN2O2. The van der Waals surface area contributed by atoms with E-state index in [-0.39, 0.29) is 16.8 Å². The average Bonchev–Trinajstić information content (AvgIpc) is 2.85. The molecular weight excluding hydrogens is 276 g/mol. The van der Waals surface area contributed by atoms with Crippen molar-refractivity contribution in [2.45, 2.75) is 33.1 Å². The highest BCUT2D eigenvalue weighted by molar-refractivity contribution is 6.29. The zero-order valence-electron chi connectivity index (χ0n) is 11.4. The number of fused-ring (bicyclic) bond motifs is 1. The minimum absolute atomic E-state index is 0.0946. The number of halogens is 1. The summed E-state index contributed by atoms with van der Waals surface area (Å²) < 4.78 is 5.84. The zero-order valence-corrected chi connectivity index (χ0v) is 12.2. The van der Waals surface area contributed by atoms with E-state index >= 15 is 0 Å². The second-order valence-electron chi connectivity index (χ2n) is 5.10. The van der Waals surface area contributed by atoms with Crippen LogP contribution in [0.2, 0.25) is 5.15 Å². The lowest BCUT2D eigenvalue weighted by atomic mass is 10.0. The maximum atomic E-state index is 9.85. The van der Waals surface area contributed by atoms with Crippen LogP contribution in [0.4, 0.5) is 0 Å². The molecule has 20 heavy (non-hydrogen) atoms.